The largest absolute Gasteiger partial charge is 0.481 e. The van der Waals surface area contributed by atoms with Crippen molar-refractivity contribution in [2.45, 2.75) is 90.1 Å². The third kappa shape index (κ3) is 8.59. The summed E-state index contributed by atoms with van der Waals surface area (Å²) >= 11 is 0. The fraction of sp³-hybridized carbons (Fsp3) is 0.656. The summed E-state index contributed by atoms with van der Waals surface area (Å²) in [5.41, 5.74) is 7.26. The fourth-order valence-corrected chi connectivity index (χ4v) is 6.90. The van der Waals surface area contributed by atoms with Gasteiger partial charge in [-0.3, -0.25) is 4.79 Å². The Balaban J connectivity index is 1.63. The summed E-state index contributed by atoms with van der Waals surface area (Å²) in [5.74, 6) is -0.332. The average Bonchev–Trinajstić information content (AvgIpc) is 2.87. The van der Waals surface area contributed by atoms with E-state index in [2.05, 4.69) is 36.4 Å². The Morgan fingerprint density at radius 1 is 1.00 bits per heavy atom. The molecule has 3 rings (SSSR count). The van der Waals surface area contributed by atoms with E-state index in [1.807, 2.05) is 18.2 Å². The lowest BCUT2D eigenvalue weighted by Gasteiger charge is -2.44. The predicted octanol–water partition coefficient (Wildman–Crippen LogP) is 6.78. The quantitative estimate of drug-likeness (QED) is 0.196. The van der Waals surface area contributed by atoms with Gasteiger partial charge in [-0.25, -0.2) is 0 Å². The van der Waals surface area contributed by atoms with Crippen LogP contribution < -0.4 is 5.73 Å². The second-order valence-electron chi connectivity index (χ2n) is 11.3. The molecule has 200 valence electrons. The first-order chi connectivity index (χ1) is 17.5. The highest BCUT2D eigenvalue weighted by Gasteiger charge is 2.44. The van der Waals surface area contributed by atoms with E-state index in [9.17, 15) is 15.0 Å². The Bertz CT molecular complexity index is 812. The van der Waals surface area contributed by atoms with Gasteiger partial charge in [0.1, 0.15) is 0 Å². The molecule has 2 aliphatic rings. The second-order valence-corrected chi connectivity index (χ2v) is 11.3. The molecule has 1 aromatic carbocycles. The number of aliphatic hydroxyl groups is 1. The van der Waals surface area contributed by atoms with Gasteiger partial charge in [0, 0.05) is 0 Å². The van der Waals surface area contributed by atoms with Crippen molar-refractivity contribution in [2.75, 3.05) is 6.54 Å². The lowest BCUT2D eigenvalue weighted by Crippen LogP contribution is -2.45. The lowest BCUT2D eigenvalue weighted by atomic mass is 9.61. The maximum absolute atomic E-state index is 12.3. The van der Waals surface area contributed by atoms with Crippen LogP contribution in [-0.4, -0.2) is 28.8 Å². The summed E-state index contributed by atoms with van der Waals surface area (Å²) in [5, 5.41) is 20.7. The van der Waals surface area contributed by atoms with Crippen molar-refractivity contribution in [3.63, 3.8) is 0 Å². The van der Waals surface area contributed by atoms with Gasteiger partial charge in [0.05, 0.1) is 12.0 Å². The van der Waals surface area contributed by atoms with Gasteiger partial charge >= 0.3 is 5.97 Å². The van der Waals surface area contributed by atoms with E-state index in [1.165, 1.54) is 50.5 Å². The predicted molar refractivity (Wildman–Crippen MR) is 149 cm³/mol. The van der Waals surface area contributed by atoms with Crippen LogP contribution in [0.25, 0.3) is 0 Å². The lowest BCUT2D eigenvalue weighted by molar-refractivity contribution is -0.151. The van der Waals surface area contributed by atoms with Gasteiger partial charge < -0.3 is 15.9 Å². The molecule has 4 heteroatoms. The number of hydrogen-bond donors (Lipinski definition) is 3. The zero-order valence-electron chi connectivity index (χ0n) is 22.3. The van der Waals surface area contributed by atoms with Gasteiger partial charge in [0.2, 0.25) is 0 Å². The first kappa shape index (κ1) is 28.7. The molecule has 0 amide bonds. The molecule has 0 unspecified atom stereocenters. The number of allylic oxidation sites excluding steroid dienone is 4. The van der Waals surface area contributed by atoms with Gasteiger partial charge in [0.25, 0.3) is 0 Å². The number of unbranched alkanes of at least 4 members (excludes halogenated alkanes) is 1. The molecular weight excluding hydrogens is 446 g/mol. The number of carbonyl (C=O) groups is 1. The minimum absolute atomic E-state index is 0.0792. The molecule has 4 N–H and O–H groups in total. The Labute approximate surface area is 219 Å². The molecule has 0 radical (unpaired) electrons. The molecule has 2 aliphatic carbocycles. The highest BCUT2D eigenvalue weighted by Crippen LogP contribution is 2.45. The Morgan fingerprint density at radius 2 is 1.69 bits per heavy atom. The third-order valence-electron chi connectivity index (χ3n) is 8.72. The number of aliphatic hydroxyl groups excluding tert-OH is 1. The first-order valence-electron chi connectivity index (χ1n) is 14.5. The standard InChI is InChI=1S/C32H49NO3/c1-24(34)30(32(35)36)31-28(23-26-16-10-6-11-17-26)20-19-27(29(31)21-22-33)18-12-4-2-3-7-13-25-14-8-5-9-15-25/h2-3,6,10-11,16-17,19-20,24-25,27-31,34H,4-5,7-9,12-15,18,21-23,33H2,1H3,(H,35,36)/b3-2-/t24-,27+,28-,29-,30-,31-/m0/s1. The summed E-state index contributed by atoms with van der Waals surface area (Å²) in [6.07, 6.45) is 22.8. The summed E-state index contributed by atoms with van der Waals surface area (Å²) in [6, 6.07) is 10.3. The molecule has 0 aromatic heterocycles. The van der Waals surface area contributed by atoms with E-state index in [-0.39, 0.29) is 17.8 Å². The van der Waals surface area contributed by atoms with E-state index in [0.717, 1.165) is 38.0 Å². The highest BCUT2D eigenvalue weighted by molar-refractivity contribution is 5.71. The smallest absolute Gasteiger partial charge is 0.309 e. The summed E-state index contributed by atoms with van der Waals surface area (Å²) in [7, 11) is 0. The molecule has 0 bridgehead atoms. The number of carboxylic acids is 1. The third-order valence-corrected chi connectivity index (χ3v) is 8.72. The molecule has 0 heterocycles. The van der Waals surface area contributed by atoms with Crippen LogP contribution in [0.1, 0.15) is 83.1 Å². The van der Waals surface area contributed by atoms with Crippen LogP contribution in [0.3, 0.4) is 0 Å². The zero-order chi connectivity index (χ0) is 25.8. The van der Waals surface area contributed by atoms with E-state index in [4.69, 9.17) is 5.73 Å². The van der Waals surface area contributed by atoms with Crippen molar-refractivity contribution < 1.29 is 15.0 Å². The second kappa shape index (κ2) is 15.4. The number of benzene rings is 1. The molecule has 1 aromatic rings. The minimum Gasteiger partial charge on any atom is -0.481 e. The van der Waals surface area contributed by atoms with Gasteiger partial charge in [0.15, 0.2) is 0 Å². The molecule has 0 spiro atoms. The first-order valence-corrected chi connectivity index (χ1v) is 14.5. The number of nitrogens with two attached hydrogens (primary N) is 1. The van der Waals surface area contributed by atoms with Crippen LogP contribution in [0.15, 0.2) is 54.6 Å². The molecular formula is C32H49NO3. The van der Waals surface area contributed by atoms with Crippen molar-refractivity contribution in [3.05, 3.63) is 60.2 Å². The SMILES string of the molecule is C[C@H](O)[C@H](C(=O)O)[C@@H]1[C@@H](CCN)[C@H](CCC/C=C\CCC2CCCCC2)C=C[C@H]1Cc1ccccc1. The highest BCUT2D eigenvalue weighted by atomic mass is 16.4. The van der Waals surface area contributed by atoms with Crippen molar-refractivity contribution >= 4 is 5.97 Å². The van der Waals surface area contributed by atoms with Crippen molar-refractivity contribution in [1.29, 1.82) is 0 Å². The molecule has 1 fully saturated rings. The van der Waals surface area contributed by atoms with Crippen molar-refractivity contribution in [2.24, 2.45) is 41.2 Å². The Morgan fingerprint density at radius 3 is 2.36 bits per heavy atom. The number of hydrogen-bond acceptors (Lipinski definition) is 3. The summed E-state index contributed by atoms with van der Waals surface area (Å²) in [4.78, 5) is 12.3. The normalized spacial score (nSPS) is 26.8. The summed E-state index contributed by atoms with van der Waals surface area (Å²) < 4.78 is 0. The number of carboxylic acid groups (broad SMARTS) is 1. The van der Waals surface area contributed by atoms with Crippen molar-refractivity contribution in [3.8, 4) is 0 Å². The zero-order valence-corrected chi connectivity index (χ0v) is 22.3. The Hall–Kier alpha value is -1.91. The van der Waals surface area contributed by atoms with E-state index in [0.29, 0.717) is 12.5 Å². The monoisotopic (exact) mass is 495 g/mol. The van der Waals surface area contributed by atoms with Crippen LogP contribution in [0.4, 0.5) is 0 Å². The molecule has 1 saturated carbocycles. The van der Waals surface area contributed by atoms with Gasteiger partial charge in [-0.05, 0) is 93.6 Å². The molecule has 6 atom stereocenters. The molecule has 36 heavy (non-hydrogen) atoms. The Kier molecular flexibility index (Phi) is 12.2. The minimum atomic E-state index is -0.898. The summed E-state index contributed by atoms with van der Waals surface area (Å²) in [6.45, 7) is 2.17. The van der Waals surface area contributed by atoms with Gasteiger partial charge in [-0.2, -0.15) is 0 Å². The molecule has 0 aliphatic heterocycles. The van der Waals surface area contributed by atoms with Crippen LogP contribution in [-0.2, 0) is 11.2 Å². The number of aliphatic carboxylic acids is 1. The average molecular weight is 496 g/mol. The molecule has 4 nitrogen and oxygen atoms in total. The van der Waals surface area contributed by atoms with E-state index in [1.54, 1.807) is 6.92 Å². The van der Waals surface area contributed by atoms with E-state index < -0.39 is 18.0 Å². The van der Waals surface area contributed by atoms with Crippen molar-refractivity contribution in [1.82, 2.24) is 0 Å². The topological polar surface area (TPSA) is 83.5 Å². The fourth-order valence-electron chi connectivity index (χ4n) is 6.90. The number of rotatable bonds is 14. The molecule has 0 saturated heterocycles. The van der Waals surface area contributed by atoms with Crippen LogP contribution >= 0.6 is 0 Å². The maximum atomic E-state index is 12.3. The van der Waals surface area contributed by atoms with E-state index >= 15 is 0 Å². The van der Waals surface area contributed by atoms with Crippen LogP contribution in [0.2, 0.25) is 0 Å². The van der Waals surface area contributed by atoms with Gasteiger partial charge in [-0.15, -0.1) is 0 Å². The van der Waals surface area contributed by atoms with Crippen LogP contribution in [0.5, 0.6) is 0 Å². The maximum Gasteiger partial charge on any atom is 0.309 e. The van der Waals surface area contributed by atoms with Crippen LogP contribution in [0, 0.1) is 35.5 Å². The van der Waals surface area contributed by atoms with Gasteiger partial charge in [-0.1, -0.05) is 86.7 Å².